The van der Waals surface area contributed by atoms with E-state index in [0.717, 1.165) is 0 Å². The van der Waals surface area contributed by atoms with Crippen molar-refractivity contribution in [3.05, 3.63) is 21.5 Å². The molecule has 0 spiro atoms. The Bertz CT molecular complexity index is 606. The molecule has 2 unspecified atom stereocenters. The molecule has 2 atom stereocenters. The Kier molecular flexibility index (Phi) is 6.07. The quantitative estimate of drug-likeness (QED) is 0.583. The fourth-order valence-electron chi connectivity index (χ4n) is 2.46. The van der Waals surface area contributed by atoms with Gasteiger partial charge < -0.3 is 15.1 Å². The molecule has 0 aliphatic carbocycles. The van der Waals surface area contributed by atoms with Gasteiger partial charge in [0.1, 0.15) is 5.69 Å². The molecule has 1 heterocycles. The van der Waals surface area contributed by atoms with E-state index in [-0.39, 0.29) is 30.2 Å². The van der Waals surface area contributed by atoms with Crippen LogP contribution in [0, 0.1) is 10.1 Å². The molecule has 1 aromatic rings. The number of nitrogens with zero attached hydrogens (tertiary/aromatic N) is 4. The van der Waals surface area contributed by atoms with Gasteiger partial charge in [-0.1, -0.05) is 20.8 Å². The van der Waals surface area contributed by atoms with E-state index in [1.165, 1.54) is 30.5 Å². The molecular weight excluding hydrogens is 316 g/mol. The summed E-state index contributed by atoms with van der Waals surface area (Å²) in [5, 5.41) is 34.9. The number of carbonyl (C=O) groups excluding carboxylic acids is 1. The zero-order valence-corrected chi connectivity index (χ0v) is 15.0. The highest BCUT2D eigenvalue weighted by Crippen LogP contribution is 2.33. The van der Waals surface area contributed by atoms with Crippen molar-refractivity contribution < 1.29 is 19.9 Å². The summed E-state index contributed by atoms with van der Waals surface area (Å²) in [6, 6.07) is 0. The lowest BCUT2D eigenvalue weighted by atomic mass is 9.91. The van der Waals surface area contributed by atoms with E-state index in [2.05, 4.69) is 5.10 Å². The van der Waals surface area contributed by atoms with Crippen LogP contribution in [0.2, 0.25) is 0 Å². The van der Waals surface area contributed by atoms with Crippen molar-refractivity contribution >= 4 is 11.6 Å². The maximum absolute atomic E-state index is 12.8. The van der Waals surface area contributed by atoms with Crippen molar-refractivity contribution in [3.63, 3.8) is 0 Å². The summed E-state index contributed by atoms with van der Waals surface area (Å²) >= 11 is 0. The largest absolute Gasteiger partial charge is 0.392 e. The minimum Gasteiger partial charge on any atom is -0.392 e. The Morgan fingerprint density at radius 2 is 1.75 bits per heavy atom. The molecule has 0 bridgehead atoms. The second kappa shape index (κ2) is 7.27. The third kappa shape index (κ3) is 4.51. The smallest absolute Gasteiger partial charge is 0.323 e. The van der Waals surface area contributed by atoms with E-state index < -0.39 is 28.5 Å². The third-order valence-corrected chi connectivity index (χ3v) is 3.37. The first-order valence-electron chi connectivity index (χ1n) is 7.73. The number of aliphatic hydroxyl groups excluding tert-OH is 2. The molecule has 0 aromatic carbocycles. The van der Waals surface area contributed by atoms with E-state index in [4.69, 9.17) is 0 Å². The second-order valence-corrected chi connectivity index (χ2v) is 7.08. The van der Waals surface area contributed by atoms with Crippen molar-refractivity contribution in [3.8, 4) is 0 Å². The van der Waals surface area contributed by atoms with Crippen LogP contribution in [0.25, 0.3) is 0 Å². The van der Waals surface area contributed by atoms with Crippen LogP contribution in [0.1, 0.15) is 50.8 Å². The first-order chi connectivity index (χ1) is 10.9. The molecule has 9 nitrogen and oxygen atoms in total. The van der Waals surface area contributed by atoms with Gasteiger partial charge in [-0.2, -0.15) is 5.10 Å². The van der Waals surface area contributed by atoms with Crippen LogP contribution in [0.3, 0.4) is 0 Å². The number of hydrogen-bond acceptors (Lipinski definition) is 6. The van der Waals surface area contributed by atoms with E-state index in [0.29, 0.717) is 0 Å². The molecule has 0 aliphatic heterocycles. The normalized spacial score (nSPS) is 14.3. The van der Waals surface area contributed by atoms with Gasteiger partial charge >= 0.3 is 5.69 Å². The van der Waals surface area contributed by atoms with E-state index in [1.54, 1.807) is 20.8 Å². The number of nitro groups is 1. The molecule has 0 radical (unpaired) electrons. The summed E-state index contributed by atoms with van der Waals surface area (Å²) in [7, 11) is 1.47. The third-order valence-electron chi connectivity index (χ3n) is 3.37. The summed E-state index contributed by atoms with van der Waals surface area (Å²) in [6.07, 6.45) is -1.66. The van der Waals surface area contributed by atoms with E-state index in [9.17, 15) is 25.1 Å². The maximum atomic E-state index is 12.8. The van der Waals surface area contributed by atoms with Gasteiger partial charge in [0.15, 0.2) is 0 Å². The second-order valence-electron chi connectivity index (χ2n) is 7.08. The van der Waals surface area contributed by atoms with Crippen LogP contribution >= 0.6 is 0 Å². The first-order valence-corrected chi connectivity index (χ1v) is 7.73. The fraction of sp³-hybridized carbons (Fsp3) is 0.733. The first kappa shape index (κ1) is 20.0. The van der Waals surface area contributed by atoms with Gasteiger partial charge in [0, 0.05) is 25.6 Å². The molecule has 9 heteroatoms. The molecule has 0 aliphatic rings. The SMILES string of the molecule is CC(O)CN(CC(C)O)C(=O)c1c([N+](=O)[O-])c(C(C)(C)C)nn1C. The number of rotatable bonds is 6. The average Bonchev–Trinajstić information content (AvgIpc) is 2.73. The molecule has 1 aromatic heterocycles. The van der Waals surface area contributed by atoms with Crippen molar-refractivity contribution in [2.75, 3.05) is 13.1 Å². The van der Waals surface area contributed by atoms with Crippen molar-refractivity contribution in [1.29, 1.82) is 0 Å². The summed E-state index contributed by atoms with van der Waals surface area (Å²) in [6.45, 7) is 8.24. The van der Waals surface area contributed by atoms with Crippen LogP contribution in [0.4, 0.5) is 5.69 Å². The molecule has 0 saturated heterocycles. The Balaban J connectivity index is 3.44. The summed E-state index contributed by atoms with van der Waals surface area (Å²) in [5.74, 6) is -0.644. The van der Waals surface area contributed by atoms with Gasteiger partial charge in [-0.05, 0) is 13.8 Å². The maximum Gasteiger partial charge on any atom is 0.323 e. The number of aromatic nitrogens is 2. The Morgan fingerprint density at radius 1 is 1.29 bits per heavy atom. The van der Waals surface area contributed by atoms with Gasteiger partial charge in [0.2, 0.25) is 5.69 Å². The van der Waals surface area contributed by atoms with Gasteiger partial charge in [0.25, 0.3) is 5.91 Å². The van der Waals surface area contributed by atoms with Gasteiger partial charge in [-0.25, -0.2) is 0 Å². The minimum atomic E-state index is -0.831. The van der Waals surface area contributed by atoms with Crippen molar-refractivity contribution in [2.45, 2.75) is 52.2 Å². The highest BCUT2D eigenvalue weighted by Gasteiger charge is 2.38. The van der Waals surface area contributed by atoms with Crippen LogP contribution < -0.4 is 0 Å². The van der Waals surface area contributed by atoms with Crippen LogP contribution in [-0.4, -0.2) is 61.0 Å². The standard InChI is InChI=1S/C15H26N4O5/c1-9(20)7-18(8-10(2)21)14(22)12-11(19(23)24)13(15(3,4)5)16-17(12)6/h9-10,20-21H,7-8H2,1-6H3. The summed E-state index contributed by atoms with van der Waals surface area (Å²) in [4.78, 5) is 25.0. The molecule has 0 fully saturated rings. The van der Waals surface area contributed by atoms with E-state index in [1.807, 2.05) is 0 Å². The minimum absolute atomic E-state index is 0.0447. The lowest BCUT2D eigenvalue weighted by Gasteiger charge is -2.25. The fourth-order valence-corrected chi connectivity index (χ4v) is 2.46. The Morgan fingerprint density at radius 3 is 2.08 bits per heavy atom. The summed E-state index contributed by atoms with van der Waals surface area (Å²) < 4.78 is 1.19. The molecule has 136 valence electrons. The topological polar surface area (TPSA) is 122 Å². The highest BCUT2D eigenvalue weighted by molar-refractivity contribution is 5.97. The predicted octanol–water partition coefficient (Wildman–Crippen LogP) is 0.830. The molecule has 0 saturated carbocycles. The van der Waals surface area contributed by atoms with Gasteiger partial charge in [-0.15, -0.1) is 0 Å². The number of aliphatic hydroxyl groups is 2. The predicted molar refractivity (Wildman–Crippen MR) is 87.8 cm³/mol. The molecule has 2 N–H and O–H groups in total. The van der Waals surface area contributed by atoms with Crippen LogP contribution in [-0.2, 0) is 12.5 Å². The van der Waals surface area contributed by atoms with Gasteiger partial charge in [-0.3, -0.25) is 19.6 Å². The number of aryl methyl sites for hydroxylation is 1. The van der Waals surface area contributed by atoms with Crippen molar-refractivity contribution in [1.82, 2.24) is 14.7 Å². The van der Waals surface area contributed by atoms with Crippen molar-refractivity contribution in [2.24, 2.45) is 7.05 Å². The zero-order valence-electron chi connectivity index (χ0n) is 15.0. The molecular formula is C15H26N4O5. The zero-order chi connectivity index (χ0) is 18.8. The Labute approximate surface area is 141 Å². The lowest BCUT2D eigenvalue weighted by molar-refractivity contribution is -0.386. The van der Waals surface area contributed by atoms with Crippen LogP contribution in [0.5, 0.6) is 0 Å². The Hall–Kier alpha value is -2.00. The number of carbonyl (C=O) groups is 1. The van der Waals surface area contributed by atoms with E-state index >= 15 is 0 Å². The number of hydrogen-bond donors (Lipinski definition) is 2. The summed E-state index contributed by atoms with van der Waals surface area (Å²) in [5.41, 5.74) is -0.896. The lowest BCUT2D eigenvalue weighted by Crippen LogP contribution is -2.41. The molecule has 1 rings (SSSR count). The average molecular weight is 342 g/mol. The number of amides is 1. The monoisotopic (exact) mass is 342 g/mol. The molecule has 24 heavy (non-hydrogen) atoms. The van der Waals surface area contributed by atoms with Gasteiger partial charge in [0.05, 0.1) is 17.1 Å². The highest BCUT2D eigenvalue weighted by atomic mass is 16.6. The molecule has 1 amide bonds. The van der Waals surface area contributed by atoms with Crippen LogP contribution in [0.15, 0.2) is 0 Å².